The molecule has 0 aromatic rings. The van der Waals surface area contributed by atoms with E-state index >= 15 is 0 Å². The van der Waals surface area contributed by atoms with Gasteiger partial charge < -0.3 is 19.7 Å². The normalized spacial score (nSPS) is 18.8. The number of amides is 1. The van der Waals surface area contributed by atoms with E-state index in [1.165, 1.54) is 14.2 Å². The predicted molar refractivity (Wildman–Crippen MR) is 66.4 cm³/mol. The second-order valence-corrected chi connectivity index (χ2v) is 4.01. The smallest absolute Gasteiger partial charge is 0.277 e. The van der Waals surface area contributed by atoms with Gasteiger partial charge in [-0.1, -0.05) is 10.3 Å². The molecule has 7 heteroatoms. The molecule has 1 N–H and O–H groups in total. The summed E-state index contributed by atoms with van der Waals surface area (Å²) in [6.45, 7) is 2.63. The lowest BCUT2D eigenvalue weighted by Crippen LogP contribution is -2.45. The van der Waals surface area contributed by atoms with E-state index in [2.05, 4.69) is 20.0 Å². The molecule has 102 valence electrons. The first kappa shape index (κ1) is 14.4. The summed E-state index contributed by atoms with van der Waals surface area (Å²) in [6, 6.07) is 0. The molecular weight excluding hydrogens is 238 g/mol. The number of carbonyl (C=O) groups excluding carboxylic acids is 1. The van der Waals surface area contributed by atoms with Crippen molar-refractivity contribution < 1.29 is 19.6 Å². The Morgan fingerprint density at radius 1 is 1.22 bits per heavy atom. The van der Waals surface area contributed by atoms with Crippen molar-refractivity contribution in [2.75, 3.05) is 27.3 Å². The molecule has 0 unspecified atom stereocenters. The SMILES string of the molecule is CON=C(C)C(=NOC)C(=O)N1CCC(O)CC1. The van der Waals surface area contributed by atoms with Gasteiger partial charge in [-0.25, -0.2) is 0 Å². The third-order valence-electron chi connectivity index (χ3n) is 2.71. The van der Waals surface area contributed by atoms with E-state index in [1.807, 2.05) is 0 Å². The lowest BCUT2D eigenvalue weighted by Gasteiger charge is -2.29. The van der Waals surface area contributed by atoms with Crippen LogP contribution in [0.25, 0.3) is 0 Å². The zero-order valence-electron chi connectivity index (χ0n) is 10.9. The molecule has 1 heterocycles. The standard InChI is InChI=1S/C11H19N3O4/c1-8(12-17-2)10(13-18-3)11(16)14-6-4-9(15)5-7-14/h9,15H,4-7H2,1-3H3. The lowest BCUT2D eigenvalue weighted by molar-refractivity contribution is -0.126. The zero-order chi connectivity index (χ0) is 13.5. The van der Waals surface area contributed by atoms with Crippen LogP contribution < -0.4 is 0 Å². The average molecular weight is 257 g/mol. The van der Waals surface area contributed by atoms with Crippen LogP contribution in [0.5, 0.6) is 0 Å². The van der Waals surface area contributed by atoms with E-state index in [0.717, 1.165) is 0 Å². The maximum Gasteiger partial charge on any atom is 0.277 e. The third kappa shape index (κ3) is 3.69. The molecular formula is C11H19N3O4. The Kier molecular flexibility index (Phi) is 5.57. The Bertz CT molecular complexity index is 346. The van der Waals surface area contributed by atoms with Gasteiger partial charge in [-0.2, -0.15) is 0 Å². The van der Waals surface area contributed by atoms with Gasteiger partial charge in [0.1, 0.15) is 19.9 Å². The third-order valence-corrected chi connectivity index (χ3v) is 2.71. The van der Waals surface area contributed by atoms with Crippen molar-refractivity contribution in [1.82, 2.24) is 4.90 Å². The van der Waals surface area contributed by atoms with Gasteiger partial charge in [0.25, 0.3) is 5.91 Å². The summed E-state index contributed by atoms with van der Waals surface area (Å²) in [4.78, 5) is 23.1. The molecule has 0 aromatic heterocycles. The number of likely N-dealkylation sites (tertiary alicyclic amines) is 1. The van der Waals surface area contributed by atoms with Crippen molar-refractivity contribution in [1.29, 1.82) is 0 Å². The van der Waals surface area contributed by atoms with Crippen LogP contribution in [-0.4, -0.2) is 60.8 Å². The summed E-state index contributed by atoms with van der Waals surface area (Å²) in [7, 11) is 2.77. The van der Waals surface area contributed by atoms with Crippen LogP contribution in [0, 0.1) is 0 Å². The minimum absolute atomic E-state index is 0.121. The van der Waals surface area contributed by atoms with E-state index in [4.69, 9.17) is 0 Å². The van der Waals surface area contributed by atoms with Crippen LogP contribution in [0.3, 0.4) is 0 Å². The number of nitrogens with zero attached hydrogens (tertiary/aromatic N) is 3. The Morgan fingerprint density at radius 3 is 2.28 bits per heavy atom. The van der Waals surface area contributed by atoms with Gasteiger partial charge in [-0.15, -0.1) is 0 Å². The second kappa shape index (κ2) is 6.95. The van der Waals surface area contributed by atoms with Crippen molar-refractivity contribution in [2.24, 2.45) is 10.3 Å². The number of hydrogen-bond donors (Lipinski definition) is 1. The van der Waals surface area contributed by atoms with E-state index in [1.54, 1.807) is 11.8 Å². The van der Waals surface area contributed by atoms with Gasteiger partial charge >= 0.3 is 0 Å². The highest BCUT2D eigenvalue weighted by molar-refractivity contribution is 6.66. The number of oxime groups is 2. The van der Waals surface area contributed by atoms with Crippen LogP contribution in [0.1, 0.15) is 19.8 Å². The highest BCUT2D eigenvalue weighted by Crippen LogP contribution is 2.11. The van der Waals surface area contributed by atoms with Crippen LogP contribution >= 0.6 is 0 Å². The first-order valence-electron chi connectivity index (χ1n) is 5.76. The lowest BCUT2D eigenvalue weighted by atomic mass is 10.1. The van der Waals surface area contributed by atoms with Gasteiger partial charge in [0, 0.05) is 13.1 Å². The average Bonchev–Trinajstić information content (AvgIpc) is 2.36. The summed E-state index contributed by atoms with van der Waals surface area (Å²) in [5.41, 5.74) is 0.478. The van der Waals surface area contributed by atoms with Gasteiger partial charge in [-0.3, -0.25) is 4.79 Å². The van der Waals surface area contributed by atoms with E-state index in [0.29, 0.717) is 31.6 Å². The monoisotopic (exact) mass is 257 g/mol. The van der Waals surface area contributed by atoms with E-state index in [9.17, 15) is 9.90 Å². The van der Waals surface area contributed by atoms with E-state index < -0.39 is 0 Å². The van der Waals surface area contributed by atoms with Gasteiger partial charge in [0.2, 0.25) is 0 Å². The Hall–Kier alpha value is -1.63. The molecule has 0 radical (unpaired) electrons. The highest BCUT2D eigenvalue weighted by atomic mass is 16.6. The van der Waals surface area contributed by atoms with Crippen molar-refractivity contribution in [3.63, 3.8) is 0 Å². The summed E-state index contributed by atoms with van der Waals surface area (Å²) in [5, 5.41) is 16.8. The first-order chi connectivity index (χ1) is 8.60. The number of rotatable bonds is 4. The van der Waals surface area contributed by atoms with Gasteiger partial charge in [0.15, 0.2) is 5.71 Å². The van der Waals surface area contributed by atoms with Crippen molar-refractivity contribution in [3.8, 4) is 0 Å². The molecule has 18 heavy (non-hydrogen) atoms. The molecule has 0 atom stereocenters. The summed E-state index contributed by atoms with van der Waals surface area (Å²) in [6.07, 6.45) is 0.824. The Morgan fingerprint density at radius 2 is 1.78 bits per heavy atom. The molecule has 1 amide bonds. The Labute approximate surface area is 106 Å². The molecule has 1 saturated heterocycles. The number of piperidine rings is 1. The topological polar surface area (TPSA) is 83.7 Å². The first-order valence-corrected chi connectivity index (χ1v) is 5.76. The summed E-state index contributed by atoms with van der Waals surface area (Å²) >= 11 is 0. The van der Waals surface area contributed by atoms with Gasteiger partial charge in [-0.05, 0) is 19.8 Å². The minimum atomic E-state index is -0.328. The molecule has 1 aliphatic heterocycles. The number of aliphatic hydroxyl groups is 1. The van der Waals surface area contributed by atoms with E-state index in [-0.39, 0.29) is 17.7 Å². The largest absolute Gasteiger partial charge is 0.399 e. The maximum atomic E-state index is 12.2. The molecule has 0 aromatic carbocycles. The predicted octanol–water partition coefficient (Wildman–Crippen LogP) is -0.00560. The van der Waals surface area contributed by atoms with Crippen LogP contribution in [0.2, 0.25) is 0 Å². The summed E-state index contributed by atoms with van der Waals surface area (Å²) < 4.78 is 0. The molecule has 0 saturated carbocycles. The number of aliphatic hydroxyl groups excluding tert-OH is 1. The second-order valence-electron chi connectivity index (χ2n) is 4.01. The molecule has 0 bridgehead atoms. The highest BCUT2D eigenvalue weighted by Gasteiger charge is 2.27. The zero-order valence-corrected chi connectivity index (χ0v) is 10.9. The fraction of sp³-hybridized carbons (Fsp3) is 0.727. The molecule has 1 fully saturated rings. The molecule has 0 aliphatic carbocycles. The van der Waals surface area contributed by atoms with Crippen molar-refractivity contribution in [2.45, 2.75) is 25.9 Å². The number of carbonyl (C=O) groups is 1. The fourth-order valence-electron chi connectivity index (χ4n) is 1.75. The maximum absolute atomic E-state index is 12.2. The van der Waals surface area contributed by atoms with Crippen LogP contribution in [0.4, 0.5) is 0 Å². The molecule has 7 nitrogen and oxygen atoms in total. The summed E-state index contributed by atoms with van der Waals surface area (Å²) in [5.74, 6) is -0.262. The number of hydrogen-bond acceptors (Lipinski definition) is 6. The van der Waals surface area contributed by atoms with Gasteiger partial charge in [0.05, 0.1) is 6.10 Å². The van der Waals surface area contributed by atoms with Crippen LogP contribution in [-0.2, 0) is 14.5 Å². The molecule has 0 spiro atoms. The quantitative estimate of drug-likeness (QED) is 0.567. The van der Waals surface area contributed by atoms with Crippen molar-refractivity contribution in [3.05, 3.63) is 0 Å². The van der Waals surface area contributed by atoms with Crippen molar-refractivity contribution >= 4 is 17.3 Å². The molecule has 1 aliphatic rings. The van der Waals surface area contributed by atoms with Crippen LogP contribution in [0.15, 0.2) is 10.3 Å². The minimum Gasteiger partial charge on any atom is -0.399 e. The molecule has 1 rings (SSSR count). The fourth-order valence-corrected chi connectivity index (χ4v) is 1.75. The Balaban J connectivity index is 2.78.